The van der Waals surface area contributed by atoms with E-state index in [-0.39, 0.29) is 13.3 Å². The molecule has 0 saturated carbocycles. The number of benzene rings is 1. The van der Waals surface area contributed by atoms with Crippen LogP contribution < -0.4 is 10.6 Å². The first-order valence-electron chi connectivity index (χ1n) is 5.89. The van der Waals surface area contributed by atoms with Gasteiger partial charge in [0.15, 0.2) is 0 Å². The molecule has 0 saturated heterocycles. The van der Waals surface area contributed by atoms with Crippen molar-refractivity contribution in [3.63, 3.8) is 0 Å². The molecular weight excluding hydrogens is 264 g/mol. The van der Waals surface area contributed by atoms with Gasteiger partial charge < -0.3 is 20.9 Å². The molecular formula is C12H14N4O4. The number of hydrogen-bond acceptors (Lipinski definition) is 6. The molecule has 0 fully saturated rings. The van der Waals surface area contributed by atoms with Crippen molar-refractivity contribution in [1.29, 1.82) is 0 Å². The highest BCUT2D eigenvalue weighted by atomic mass is 16.5. The van der Waals surface area contributed by atoms with Gasteiger partial charge in [-0.3, -0.25) is 9.59 Å². The summed E-state index contributed by atoms with van der Waals surface area (Å²) in [6.07, 6.45) is 0. The second-order valence-electron chi connectivity index (χ2n) is 4.14. The highest BCUT2D eigenvalue weighted by Gasteiger charge is 2.12. The molecule has 1 aliphatic heterocycles. The summed E-state index contributed by atoms with van der Waals surface area (Å²) in [5.74, 6) is -0.906. The summed E-state index contributed by atoms with van der Waals surface area (Å²) in [5.41, 5.74) is 1.16. The number of amides is 1. The van der Waals surface area contributed by atoms with E-state index in [1.165, 1.54) is 0 Å². The number of aliphatic imine (C=N–C) groups is 1. The number of hydrogen-bond donors (Lipinski definition) is 4. The summed E-state index contributed by atoms with van der Waals surface area (Å²) in [4.78, 5) is 26.1. The molecule has 1 aliphatic rings. The minimum Gasteiger partial charge on any atom is -0.480 e. The second kappa shape index (κ2) is 6.13. The first-order valence-corrected chi connectivity index (χ1v) is 5.89. The Morgan fingerprint density at radius 2 is 2.05 bits per heavy atom. The normalized spacial score (nSPS) is 15.2. The number of carbonyl (C=O) groups is 2. The number of carbonyl (C=O) groups excluding carboxylic acids is 1. The predicted octanol–water partition coefficient (Wildman–Crippen LogP) is -0.543. The third kappa shape index (κ3) is 3.53. The molecule has 0 bridgehead atoms. The van der Waals surface area contributed by atoms with Crippen molar-refractivity contribution in [2.45, 2.75) is 0 Å². The number of carboxylic acid groups (broad SMARTS) is 1. The van der Waals surface area contributed by atoms with Gasteiger partial charge in [0, 0.05) is 11.1 Å². The maximum atomic E-state index is 11.6. The molecule has 2 rings (SSSR count). The summed E-state index contributed by atoms with van der Waals surface area (Å²) in [6.45, 7) is 0.0457. The van der Waals surface area contributed by atoms with Gasteiger partial charge in [-0.1, -0.05) is 12.1 Å². The largest absolute Gasteiger partial charge is 0.480 e. The SMILES string of the molecule is O=C(O)CNC(=O)c1ccc(C2=NCN(O)CN2)cc1. The van der Waals surface area contributed by atoms with Crippen LogP contribution in [0, 0.1) is 0 Å². The maximum absolute atomic E-state index is 11.6. The lowest BCUT2D eigenvalue weighted by atomic mass is 10.1. The molecule has 0 radical (unpaired) electrons. The van der Waals surface area contributed by atoms with Gasteiger partial charge in [-0.15, -0.1) is 0 Å². The molecule has 1 heterocycles. The topological polar surface area (TPSA) is 114 Å². The smallest absolute Gasteiger partial charge is 0.322 e. The van der Waals surface area contributed by atoms with Gasteiger partial charge in [-0.25, -0.2) is 4.99 Å². The van der Waals surface area contributed by atoms with Crippen molar-refractivity contribution in [3.8, 4) is 0 Å². The Kier molecular flexibility index (Phi) is 4.28. The van der Waals surface area contributed by atoms with Crippen molar-refractivity contribution < 1.29 is 19.9 Å². The second-order valence-corrected chi connectivity index (χ2v) is 4.14. The van der Waals surface area contributed by atoms with Crippen LogP contribution in [0.1, 0.15) is 15.9 Å². The minimum atomic E-state index is -1.09. The molecule has 0 atom stereocenters. The van der Waals surface area contributed by atoms with Crippen molar-refractivity contribution in [2.75, 3.05) is 19.9 Å². The van der Waals surface area contributed by atoms with Crippen molar-refractivity contribution in [2.24, 2.45) is 4.99 Å². The highest BCUT2D eigenvalue weighted by Crippen LogP contribution is 2.07. The number of amidine groups is 1. The molecule has 0 aromatic heterocycles. The average molecular weight is 278 g/mol. The number of aliphatic carboxylic acids is 1. The fourth-order valence-electron chi connectivity index (χ4n) is 1.66. The number of rotatable bonds is 4. The van der Waals surface area contributed by atoms with Crippen LogP contribution in [0.15, 0.2) is 29.3 Å². The molecule has 1 aromatic carbocycles. The van der Waals surface area contributed by atoms with E-state index in [1.54, 1.807) is 24.3 Å². The van der Waals surface area contributed by atoms with Crippen LogP contribution in [-0.2, 0) is 4.79 Å². The van der Waals surface area contributed by atoms with Gasteiger partial charge in [0.1, 0.15) is 19.0 Å². The van der Waals surface area contributed by atoms with E-state index in [0.29, 0.717) is 11.4 Å². The summed E-state index contributed by atoms with van der Waals surface area (Å²) in [5, 5.41) is 23.9. The highest BCUT2D eigenvalue weighted by molar-refractivity contribution is 6.01. The zero-order chi connectivity index (χ0) is 14.5. The zero-order valence-electron chi connectivity index (χ0n) is 10.5. The van der Waals surface area contributed by atoms with E-state index >= 15 is 0 Å². The first-order chi connectivity index (χ1) is 9.56. The van der Waals surface area contributed by atoms with Crippen molar-refractivity contribution in [1.82, 2.24) is 15.7 Å². The number of nitrogens with one attached hydrogen (secondary N) is 2. The lowest BCUT2D eigenvalue weighted by Crippen LogP contribution is -2.41. The Balaban J connectivity index is 2.03. The van der Waals surface area contributed by atoms with Gasteiger partial charge in [0.25, 0.3) is 5.91 Å². The molecule has 106 valence electrons. The Labute approximate surface area is 114 Å². The minimum absolute atomic E-state index is 0.184. The quantitative estimate of drug-likeness (QED) is 0.588. The van der Waals surface area contributed by atoms with E-state index < -0.39 is 18.4 Å². The van der Waals surface area contributed by atoms with Gasteiger partial charge in [-0.05, 0) is 12.1 Å². The molecule has 0 unspecified atom stereocenters. The van der Waals surface area contributed by atoms with E-state index in [4.69, 9.17) is 10.3 Å². The molecule has 1 aromatic rings. The van der Waals surface area contributed by atoms with Gasteiger partial charge in [-0.2, -0.15) is 5.06 Å². The summed E-state index contributed by atoms with van der Waals surface area (Å²) < 4.78 is 0. The van der Waals surface area contributed by atoms with E-state index in [9.17, 15) is 9.59 Å². The Morgan fingerprint density at radius 3 is 2.60 bits per heavy atom. The van der Waals surface area contributed by atoms with E-state index in [0.717, 1.165) is 10.6 Å². The monoisotopic (exact) mass is 278 g/mol. The van der Waals surface area contributed by atoms with Gasteiger partial charge >= 0.3 is 5.97 Å². The standard InChI is InChI=1S/C12H14N4O4/c17-10(18)5-13-12(19)9-3-1-8(2-4-9)11-14-6-16(20)7-15-11/h1-4,20H,5-7H2,(H,13,19)(H,14,15)(H,17,18). The molecule has 20 heavy (non-hydrogen) atoms. The number of carboxylic acids is 1. The lowest BCUT2D eigenvalue weighted by molar-refractivity contribution is -0.135. The Hall–Kier alpha value is -2.45. The van der Waals surface area contributed by atoms with Gasteiger partial charge in [0.2, 0.25) is 0 Å². The van der Waals surface area contributed by atoms with Crippen molar-refractivity contribution in [3.05, 3.63) is 35.4 Å². The third-order valence-corrected chi connectivity index (χ3v) is 2.64. The Bertz CT molecular complexity index is 541. The van der Waals surface area contributed by atoms with E-state index in [1.807, 2.05) is 0 Å². The number of nitrogens with zero attached hydrogens (tertiary/aromatic N) is 2. The molecule has 0 spiro atoms. The van der Waals surface area contributed by atoms with Crippen LogP contribution in [0.25, 0.3) is 0 Å². The average Bonchev–Trinajstić information content (AvgIpc) is 2.46. The summed E-state index contributed by atoms with van der Waals surface area (Å²) >= 11 is 0. The van der Waals surface area contributed by atoms with Crippen LogP contribution in [0.3, 0.4) is 0 Å². The maximum Gasteiger partial charge on any atom is 0.322 e. The van der Waals surface area contributed by atoms with Crippen molar-refractivity contribution >= 4 is 17.7 Å². The fraction of sp³-hybridized carbons (Fsp3) is 0.250. The summed E-state index contributed by atoms with van der Waals surface area (Å²) in [7, 11) is 0. The van der Waals surface area contributed by atoms with Crippen LogP contribution in [0.4, 0.5) is 0 Å². The van der Waals surface area contributed by atoms with Crippen LogP contribution in [0.5, 0.6) is 0 Å². The van der Waals surface area contributed by atoms with Crippen LogP contribution in [0.2, 0.25) is 0 Å². The Morgan fingerprint density at radius 1 is 1.35 bits per heavy atom. The summed E-state index contributed by atoms with van der Waals surface area (Å²) in [6, 6.07) is 6.58. The van der Waals surface area contributed by atoms with Crippen LogP contribution in [-0.4, -0.2) is 53.0 Å². The molecule has 8 nitrogen and oxygen atoms in total. The third-order valence-electron chi connectivity index (χ3n) is 2.64. The first kappa shape index (κ1) is 14.0. The molecule has 4 N–H and O–H groups in total. The fourth-order valence-corrected chi connectivity index (χ4v) is 1.66. The van der Waals surface area contributed by atoms with E-state index in [2.05, 4.69) is 15.6 Å². The molecule has 1 amide bonds. The zero-order valence-corrected chi connectivity index (χ0v) is 10.5. The number of hydroxylamine groups is 2. The lowest BCUT2D eigenvalue weighted by Gasteiger charge is -2.21. The molecule has 8 heteroatoms. The van der Waals surface area contributed by atoms with Crippen LogP contribution >= 0.6 is 0 Å². The molecule has 0 aliphatic carbocycles. The van der Waals surface area contributed by atoms with Gasteiger partial charge in [0.05, 0.1) is 6.67 Å². The predicted molar refractivity (Wildman–Crippen MR) is 69.4 cm³/mol.